The highest BCUT2D eigenvalue weighted by atomic mass is 32.2. The first-order chi connectivity index (χ1) is 9.20. The van der Waals surface area contributed by atoms with E-state index in [9.17, 15) is 8.42 Å². The molecule has 6 heteroatoms. The van der Waals surface area contributed by atoms with Crippen LogP contribution in [0.25, 0.3) is 0 Å². The van der Waals surface area contributed by atoms with Crippen LogP contribution in [0, 0.1) is 0 Å². The maximum absolute atomic E-state index is 12.5. The predicted molar refractivity (Wildman–Crippen MR) is 82.2 cm³/mol. The van der Waals surface area contributed by atoms with Gasteiger partial charge in [-0.05, 0) is 33.9 Å². The number of rotatable bonds is 7. The van der Waals surface area contributed by atoms with Gasteiger partial charge in [0.25, 0.3) is 0 Å². The highest BCUT2D eigenvalue weighted by Crippen LogP contribution is 2.21. The second-order valence-electron chi connectivity index (χ2n) is 5.42. The van der Waals surface area contributed by atoms with Crippen LogP contribution in [0.3, 0.4) is 0 Å². The standard InChI is InChI=1S/C14H25N3O2S/c1-11(2)9-16(6)20(18,19)14-7-13(8-15-5)17(10-14)12(3)4/h7,10,12,15H,1,8-9H2,2-6H3. The van der Waals surface area contributed by atoms with Crippen molar-refractivity contribution >= 4 is 10.0 Å². The fraction of sp³-hybridized carbons (Fsp3) is 0.571. The maximum Gasteiger partial charge on any atom is 0.244 e. The molecule has 20 heavy (non-hydrogen) atoms. The van der Waals surface area contributed by atoms with Gasteiger partial charge in [-0.1, -0.05) is 12.2 Å². The van der Waals surface area contributed by atoms with Crippen LogP contribution < -0.4 is 5.32 Å². The molecule has 0 aliphatic carbocycles. The first-order valence-corrected chi connectivity index (χ1v) is 8.10. The summed E-state index contributed by atoms with van der Waals surface area (Å²) in [7, 11) is -0.0395. The topological polar surface area (TPSA) is 54.3 Å². The first kappa shape index (κ1) is 16.9. The number of likely N-dealkylation sites (N-methyl/N-ethyl adjacent to an activating group) is 1. The molecule has 0 saturated heterocycles. The molecular weight excluding hydrogens is 274 g/mol. The second-order valence-corrected chi connectivity index (χ2v) is 7.46. The van der Waals surface area contributed by atoms with Crippen molar-refractivity contribution in [1.82, 2.24) is 14.2 Å². The monoisotopic (exact) mass is 299 g/mol. The summed E-state index contributed by atoms with van der Waals surface area (Å²) in [5.74, 6) is 0. The van der Waals surface area contributed by atoms with Gasteiger partial charge in [0.2, 0.25) is 10.0 Å². The average molecular weight is 299 g/mol. The van der Waals surface area contributed by atoms with Crippen LogP contribution >= 0.6 is 0 Å². The Hall–Kier alpha value is -1.11. The zero-order valence-corrected chi connectivity index (χ0v) is 13.8. The van der Waals surface area contributed by atoms with E-state index in [1.54, 1.807) is 19.3 Å². The Morgan fingerprint density at radius 1 is 1.50 bits per heavy atom. The number of nitrogens with one attached hydrogen (secondary N) is 1. The molecule has 0 radical (unpaired) electrons. The molecule has 5 nitrogen and oxygen atoms in total. The van der Waals surface area contributed by atoms with Crippen LogP contribution in [-0.4, -0.2) is 37.9 Å². The summed E-state index contributed by atoms with van der Waals surface area (Å²) in [6.07, 6.45) is 1.71. The summed E-state index contributed by atoms with van der Waals surface area (Å²) in [6, 6.07) is 1.95. The van der Waals surface area contributed by atoms with Crippen molar-refractivity contribution in [3.05, 3.63) is 30.1 Å². The highest BCUT2D eigenvalue weighted by molar-refractivity contribution is 7.89. The molecule has 1 heterocycles. The van der Waals surface area contributed by atoms with E-state index in [0.717, 1.165) is 11.3 Å². The molecule has 114 valence electrons. The lowest BCUT2D eigenvalue weighted by Gasteiger charge is -2.16. The Kier molecular flexibility index (Phi) is 5.56. The smallest absolute Gasteiger partial charge is 0.244 e. The Morgan fingerprint density at radius 3 is 2.55 bits per heavy atom. The number of nitrogens with zero attached hydrogens (tertiary/aromatic N) is 2. The molecule has 0 aromatic carbocycles. The molecule has 1 aromatic rings. The molecule has 1 aromatic heterocycles. The summed E-state index contributed by atoms with van der Waals surface area (Å²) in [5.41, 5.74) is 1.78. The van der Waals surface area contributed by atoms with Gasteiger partial charge in [-0.15, -0.1) is 0 Å². The van der Waals surface area contributed by atoms with Crippen LogP contribution in [0.1, 0.15) is 32.5 Å². The normalized spacial score (nSPS) is 12.3. The Labute approximate surface area is 122 Å². The van der Waals surface area contributed by atoms with Crippen molar-refractivity contribution in [3.8, 4) is 0 Å². The van der Waals surface area contributed by atoms with E-state index >= 15 is 0 Å². The van der Waals surface area contributed by atoms with Crippen molar-refractivity contribution in [1.29, 1.82) is 0 Å². The van der Waals surface area contributed by atoms with Crippen molar-refractivity contribution in [2.24, 2.45) is 0 Å². The quantitative estimate of drug-likeness (QED) is 0.783. The van der Waals surface area contributed by atoms with Crippen LogP contribution in [0.4, 0.5) is 0 Å². The molecule has 0 aliphatic rings. The summed E-state index contributed by atoms with van der Waals surface area (Å²) in [4.78, 5) is 0.334. The van der Waals surface area contributed by atoms with Gasteiger partial charge in [0.05, 0.1) is 0 Å². The van der Waals surface area contributed by atoms with E-state index < -0.39 is 10.0 Å². The Bertz CT molecular complexity index is 573. The molecule has 0 amide bonds. The van der Waals surface area contributed by atoms with E-state index in [4.69, 9.17) is 0 Å². The van der Waals surface area contributed by atoms with Crippen molar-refractivity contribution in [2.45, 2.75) is 38.3 Å². The van der Waals surface area contributed by atoms with Crippen molar-refractivity contribution < 1.29 is 8.42 Å². The van der Waals surface area contributed by atoms with Crippen LogP contribution in [0.15, 0.2) is 29.3 Å². The fourth-order valence-electron chi connectivity index (χ4n) is 2.09. The zero-order valence-electron chi connectivity index (χ0n) is 13.0. The van der Waals surface area contributed by atoms with Crippen molar-refractivity contribution in [3.63, 3.8) is 0 Å². The molecule has 0 bridgehead atoms. The number of aromatic nitrogens is 1. The molecule has 1 rings (SSSR count). The SMILES string of the molecule is C=C(C)CN(C)S(=O)(=O)c1cc(CNC)n(C(C)C)c1. The molecule has 0 spiro atoms. The van der Waals surface area contributed by atoms with E-state index in [-0.39, 0.29) is 6.04 Å². The molecule has 0 atom stereocenters. The lowest BCUT2D eigenvalue weighted by Crippen LogP contribution is -2.28. The zero-order chi connectivity index (χ0) is 15.5. The minimum absolute atomic E-state index is 0.216. The van der Waals surface area contributed by atoms with Crippen LogP contribution in [0.2, 0.25) is 0 Å². The molecule has 0 unspecified atom stereocenters. The Balaban J connectivity index is 3.19. The van der Waals surface area contributed by atoms with E-state index in [0.29, 0.717) is 18.0 Å². The van der Waals surface area contributed by atoms with Gasteiger partial charge in [0.15, 0.2) is 0 Å². The second kappa shape index (κ2) is 6.56. The Morgan fingerprint density at radius 2 is 2.10 bits per heavy atom. The number of hydrogen-bond donors (Lipinski definition) is 1. The maximum atomic E-state index is 12.5. The van der Waals surface area contributed by atoms with Gasteiger partial charge in [-0.2, -0.15) is 4.31 Å². The van der Waals surface area contributed by atoms with Gasteiger partial charge in [-0.3, -0.25) is 0 Å². The fourth-order valence-corrected chi connectivity index (χ4v) is 3.37. The summed E-state index contributed by atoms with van der Waals surface area (Å²) >= 11 is 0. The summed E-state index contributed by atoms with van der Waals surface area (Å²) in [6.45, 7) is 10.6. The number of hydrogen-bond acceptors (Lipinski definition) is 3. The molecule has 1 N–H and O–H groups in total. The van der Waals surface area contributed by atoms with Crippen LogP contribution in [-0.2, 0) is 16.6 Å². The largest absolute Gasteiger partial charge is 0.346 e. The van der Waals surface area contributed by atoms with Crippen LogP contribution in [0.5, 0.6) is 0 Å². The first-order valence-electron chi connectivity index (χ1n) is 6.66. The summed E-state index contributed by atoms with van der Waals surface area (Å²) in [5, 5.41) is 3.06. The predicted octanol–water partition coefficient (Wildman–Crippen LogP) is 1.98. The third-order valence-corrected chi connectivity index (χ3v) is 4.79. The lowest BCUT2D eigenvalue weighted by molar-refractivity contribution is 0.492. The van der Waals surface area contributed by atoms with Gasteiger partial charge >= 0.3 is 0 Å². The van der Waals surface area contributed by atoms with E-state index in [1.807, 2.05) is 32.4 Å². The van der Waals surface area contributed by atoms with E-state index in [1.165, 1.54) is 4.31 Å². The highest BCUT2D eigenvalue weighted by Gasteiger charge is 2.23. The molecule has 0 saturated carbocycles. The third kappa shape index (κ3) is 3.71. The number of sulfonamides is 1. The van der Waals surface area contributed by atoms with Gasteiger partial charge in [0.1, 0.15) is 4.90 Å². The summed E-state index contributed by atoms with van der Waals surface area (Å²) < 4.78 is 28.3. The minimum Gasteiger partial charge on any atom is -0.346 e. The molecule has 0 fully saturated rings. The van der Waals surface area contributed by atoms with Crippen molar-refractivity contribution in [2.75, 3.05) is 20.6 Å². The van der Waals surface area contributed by atoms with Gasteiger partial charge < -0.3 is 9.88 Å². The molecule has 0 aliphatic heterocycles. The lowest BCUT2D eigenvalue weighted by atomic mass is 10.3. The minimum atomic E-state index is -3.46. The average Bonchev–Trinajstić information content (AvgIpc) is 2.73. The van der Waals surface area contributed by atoms with Gasteiger partial charge in [0, 0.05) is 38.1 Å². The van der Waals surface area contributed by atoms with E-state index in [2.05, 4.69) is 11.9 Å². The third-order valence-electron chi connectivity index (χ3n) is 3.02. The molecular formula is C14H25N3O2S. The van der Waals surface area contributed by atoms with Gasteiger partial charge in [-0.25, -0.2) is 8.42 Å².